The Bertz CT molecular complexity index is 652. The molecule has 0 atom stereocenters. The van der Waals surface area contributed by atoms with Gasteiger partial charge in [-0.05, 0) is 42.8 Å². The minimum Gasteiger partial charge on any atom is -0.493 e. The molecule has 0 bridgehead atoms. The van der Waals surface area contributed by atoms with Gasteiger partial charge in [0.1, 0.15) is 11.3 Å². The summed E-state index contributed by atoms with van der Waals surface area (Å²) in [6, 6.07) is 9.87. The van der Waals surface area contributed by atoms with Crippen molar-refractivity contribution in [2.45, 2.75) is 6.92 Å². The lowest BCUT2D eigenvalue weighted by atomic mass is 10.1. The SMILES string of the molecule is COc1cc(C)ccc1Oc1ccc(N)cc1C(=O)O. The molecule has 0 heterocycles. The molecule has 0 spiro atoms. The third-order valence-corrected chi connectivity index (χ3v) is 2.77. The molecule has 0 fully saturated rings. The van der Waals surface area contributed by atoms with Crippen LogP contribution in [0.15, 0.2) is 36.4 Å². The number of aryl methyl sites for hydroxylation is 1. The number of hydrogen-bond donors (Lipinski definition) is 2. The Kier molecular flexibility index (Phi) is 3.79. The van der Waals surface area contributed by atoms with E-state index in [0.29, 0.717) is 17.2 Å². The average Bonchev–Trinajstić information content (AvgIpc) is 2.42. The van der Waals surface area contributed by atoms with Crippen molar-refractivity contribution >= 4 is 11.7 Å². The van der Waals surface area contributed by atoms with E-state index in [1.54, 1.807) is 12.1 Å². The number of aromatic carboxylic acids is 1. The quantitative estimate of drug-likeness (QED) is 0.836. The zero-order valence-corrected chi connectivity index (χ0v) is 11.2. The lowest BCUT2D eigenvalue weighted by Gasteiger charge is -2.13. The van der Waals surface area contributed by atoms with Crippen LogP contribution in [0.5, 0.6) is 17.2 Å². The summed E-state index contributed by atoms with van der Waals surface area (Å²) in [4.78, 5) is 11.2. The van der Waals surface area contributed by atoms with Crippen molar-refractivity contribution < 1.29 is 19.4 Å². The number of rotatable bonds is 4. The molecule has 0 saturated heterocycles. The van der Waals surface area contributed by atoms with Crippen molar-refractivity contribution in [1.29, 1.82) is 0 Å². The molecule has 3 N–H and O–H groups in total. The van der Waals surface area contributed by atoms with Gasteiger partial charge in [0, 0.05) is 5.69 Å². The minimum absolute atomic E-state index is 0.00706. The Labute approximate surface area is 116 Å². The molecule has 2 aromatic carbocycles. The van der Waals surface area contributed by atoms with E-state index in [9.17, 15) is 9.90 Å². The van der Waals surface area contributed by atoms with Gasteiger partial charge in [0.2, 0.25) is 0 Å². The zero-order chi connectivity index (χ0) is 14.7. The van der Waals surface area contributed by atoms with Crippen molar-refractivity contribution in [2.75, 3.05) is 12.8 Å². The summed E-state index contributed by atoms with van der Waals surface area (Å²) in [5.74, 6) is 0.107. The summed E-state index contributed by atoms with van der Waals surface area (Å²) in [5.41, 5.74) is 6.98. The average molecular weight is 273 g/mol. The van der Waals surface area contributed by atoms with E-state index in [1.165, 1.54) is 19.2 Å². The highest BCUT2D eigenvalue weighted by Gasteiger charge is 2.14. The minimum atomic E-state index is -1.10. The van der Waals surface area contributed by atoms with Gasteiger partial charge in [0.25, 0.3) is 0 Å². The van der Waals surface area contributed by atoms with E-state index in [1.807, 2.05) is 19.1 Å². The maximum Gasteiger partial charge on any atom is 0.339 e. The lowest BCUT2D eigenvalue weighted by Crippen LogP contribution is -2.02. The summed E-state index contributed by atoms with van der Waals surface area (Å²) in [6.45, 7) is 1.93. The van der Waals surface area contributed by atoms with Crippen LogP contribution >= 0.6 is 0 Å². The van der Waals surface area contributed by atoms with Gasteiger partial charge in [-0.2, -0.15) is 0 Å². The van der Waals surface area contributed by atoms with E-state index < -0.39 is 5.97 Å². The number of nitrogen functional groups attached to an aromatic ring is 1. The van der Waals surface area contributed by atoms with Crippen molar-refractivity contribution in [3.05, 3.63) is 47.5 Å². The molecule has 104 valence electrons. The highest BCUT2D eigenvalue weighted by molar-refractivity contribution is 5.92. The van der Waals surface area contributed by atoms with Crippen LogP contribution in [-0.4, -0.2) is 18.2 Å². The Morgan fingerprint density at radius 2 is 1.80 bits per heavy atom. The normalized spacial score (nSPS) is 10.1. The van der Waals surface area contributed by atoms with Gasteiger partial charge in [0.05, 0.1) is 7.11 Å². The van der Waals surface area contributed by atoms with E-state index in [2.05, 4.69) is 0 Å². The molecule has 0 amide bonds. The fourth-order valence-electron chi connectivity index (χ4n) is 1.78. The first kappa shape index (κ1) is 13.7. The molecule has 0 aliphatic rings. The molecule has 0 aromatic heterocycles. The van der Waals surface area contributed by atoms with Crippen molar-refractivity contribution in [1.82, 2.24) is 0 Å². The van der Waals surface area contributed by atoms with Gasteiger partial charge < -0.3 is 20.3 Å². The molecule has 0 aliphatic carbocycles. The molecule has 20 heavy (non-hydrogen) atoms. The Morgan fingerprint density at radius 1 is 1.10 bits per heavy atom. The van der Waals surface area contributed by atoms with Crippen molar-refractivity contribution in [2.24, 2.45) is 0 Å². The second-order valence-corrected chi connectivity index (χ2v) is 4.32. The van der Waals surface area contributed by atoms with E-state index >= 15 is 0 Å². The van der Waals surface area contributed by atoms with E-state index in [0.717, 1.165) is 5.56 Å². The molecule has 0 unspecified atom stereocenters. The van der Waals surface area contributed by atoms with E-state index in [-0.39, 0.29) is 11.3 Å². The number of ether oxygens (including phenoxy) is 2. The number of hydrogen-bond acceptors (Lipinski definition) is 4. The molecule has 0 radical (unpaired) electrons. The van der Waals surface area contributed by atoms with Gasteiger partial charge in [-0.3, -0.25) is 0 Å². The fraction of sp³-hybridized carbons (Fsp3) is 0.133. The largest absolute Gasteiger partial charge is 0.493 e. The van der Waals surface area contributed by atoms with Crippen LogP contribution in [0.25, 0.3) is 0 Å². The third-order valence-electron chi connectivity index (χ3n) is 2.77. The maximum absolute atomic E-state index is 11.2. The van der Waals surface area contributed by atoms with Crippen LogP contribution in [0.4, 0.5) is 5.69 Å². The maximum atomic E-state index is 11.2. The Hall–Kier alpha value is -2.69. The van der Waals surface area contributed by atoms with Crippen LogP contribution in [-0.2, 0) is 0 Å². The van der Waals surface area contributed by atoms with Gasteiger partial charge in [-0.15, -0.1) is 0 Å². The summed E-state index contributed by atoms with van der Waals surface area (Å²) in [5, 5.41) is 9.17. The molecule has 2 rings (SSSR count). The predicted octanol–water partition coefficient (Wildman–Crippen LogP) is 3.08. The Balaban J connectivity index is 2.42. The number of carboxylic acid groups (broad SMARTS) is 1. The molecule has 2 aromatic rings. The van der Waals surface area contributed by atoms with Crippen LogP contribution in [0.3, 0.4) is 0 Å². The summed E-state index contributed by atoms with van der Waals surface area (Å²) in [6.07, 6.45) is 0. The van der Waals surface area contributed by atoms with Crippen LogP contribution in [0, 0.1) is 6.92 Å². The number of anilines is 1. The molecule has 0 saturated carbocycles. The fourth-order valence-corrected chi connectivity index (χ4v) is 1.78. The van der Waals surface area contributed by atoms with Crippen LogP contribution in [0.1, 0.15) is 15.9 Å². The first-order valence-electron chi connectivity index (χ1n) is 5.96. The monoisotopic (exact) mass is 273 g/mol. The number of methoxy groups -OCH3 is 1. The topological polar surface area (TPSA) is 81.8 Å². The standard InChI is InChI=1S/C15H15NO4/c1-9-3-5-13(14(7-9)19-2)20-12-6-4-10(16)8-11(12)15(17)18/h3-8H,16H2,1-2H3,(H,17,18). The van der Waals surface area contributed by atoms with Gasteiger partial charge >= 0.3 is 5.97 Å². The third kappa shape index (κ3) is 2.83. The molecular formula is C15H15NO4. The summed E-state index contributed by atoms with van der Waals surface area (Å²) >= 11 is 0. The highest BCUT2D eigenvalue weighted by atomic mass is 16.5. The van der Waals surface area contributed by atoms with Crippen molar-refractivity contribution in [3.8, 4) is 17.2 Å². The lowest BCUT2D eigenvalue weighted by molar-refractivity contribution is 0.0694. The van der Waals surface area contributed by atoms with E-state index in [4.69, 9.17) is 15.2 Å². The number of benzene rings is 2. The molecule has 5 heteroatoms. The van der Waals surface area contributed by atoms with Gasteiger partial charge in [-0.1, -0.05) is 6.07 Å². The van der Waals surface area contributed by atoms with Crippen LogP contribution < -0.4 is 15.2 Å². The van der Waals surface area contributed by atoms with Crippen molar-refractivity contribution in [3.63, 3.8) is 0 Å². The Morgan fingerprint density at radius 3 is 2.45 bits per heavy atom. The number of carbonyl (C=O) groups is 1. The van der Waals surface area contributed by atoms with Gasteiger partial charge in [-0.25, -0.2) is 4.79 Å². The first-order chi connectivity index (χ1) is 9.51. The zero-order valence-electron chi connectivity index (χ0n) is 11.2. The molecule has 5 nitrogen and oxygen atoms in total. The smallest absolute Gasteiger partial charge is 0.339 e. The molecule has 0 aliphatic heterocycles. The predicted molar refractivity (Wildman–Crippen MR) is 75.6 cm³/mol. The highest BCUT2D eigenvalue weighted by Crippen LogP contribution is 2.34. The first-order valence-corrected chi connectivity index (χ1v) is 5.96. The molecular weight excluding hydrogens is 258 g/mol. The van der Waals surface area contributed by atoms with Crippen LogP contribution in [0.2, 0.25) is 0 Å². The second-order valence-electron chi connectivity index (χ2n) is 4.32. The summed E-state index contributed by atoms with van der Waals surface area (Å²) < 4.78 is 10.9. The number of carboxylic acids is 1. The summed E-state index contributed by atoms with van der Waals surface area (Å²) in [7, 11) is 1.53. The number of nitrogens with two attached hydrogens (primary N) is 1. The van der Waals surface area contributed by atoms with Gasteiger partial charge in [0.15, 0.2) is 11.5 Å². The second kappa shape index (κ2) is 5.52.